The molecule has 156 valence electrons. The monoisotopic (exact) mass is 430 g/mol. The van der Waals surface area contributed by atoms with Crippen LogP contribution in [0.5, 0.6) is 0 Å². The van der Waals surface area contributed by atoms with Crippen LogP contribution in [0.3, 0.4) is 0 Å². The van der Waals surface area contributed by atoms with E-state index >= 15 is 0 Å². The summed E-state index contributed by atoms with van der Waals surface area (Å²) >= 11 is 6.28. The molecule has 0 spiro atoms. The summed E-state index contributed by atoms with van der Waals surface area (Å²) in [6.45, 7) is 7.79. The maximum atomic E-state index is 13.6. The SMILES string of the molecule is Cc1ccc(N2C(=O)C(Nc3cccc(Cl)c3C)=C(c3ccc(C)cc3C)C2=O)cc1. The van der Waals surface area contributed by atoms with Gasteiger partial charge in [0.15, 0.2) is 0 Å². The normalized spacial score (nSPS) is 13.9. The van der Waals surface area contributed by atoms with Gasteiger partial charge in [-0.1, -0.05) is 59.1 Å². The molecule has 4 nitrogen and oxygen atoms in total. The van der Waals surface area contributed by atoms with Crippen LogP contribution in [0.25, 0.3) is 5.57 Å². The molecule has 3 aromatic rings. The van der Waals surface area contributed by atoms with Crippen LogP contribution >= 0.6 is 11.6 Å². The number of halogens is 1. The Morgan fingerprint density at radius 3 is 2.16 bits per heavy atom. The number of hydrogen-bond acceptors (Lipinski definition) is 3. The molecule has 0 bridgehead atoms. The molecule has 3 aromatic carbocycles. The van der Waals surface area contributed by atoms with Gasteiger partial charge < -0.3 is 5.32 Å². The van der Waals surface area contributed by atoms with E-state index in [0.29, 0.717) is 22.0 Å². The first-order chi connectivity index (χ1) is 14.8. The average molecular weight is 431 g/mol. The molecule has 1 N–H and O–H groups in total. The van der Waals surface area contributed by atoms with Crippen molar-refractivity contribution in [3.63, 3.8) is 0 Å². The first-order valence-electron chi connectivity index (χ1n) is 10.1. The van der Waals surface area contributed by atoms with Gasteiger partial charge in [0.05, 0.1) is 11.3 Å². The summed E-state index contributed by atoms with van der Waals surface area (Å²) in [6, 6.07) is 18.7. The highest BCUT2D eigenvalue weighted by molar-refractivity contribution is 6.46. The maximum Gasteiger partial charge on any atom is 0.282 e. The van der Waals surface area contributed by atoms with E-state index in [2.05, 4.69) is 5.32 Å². The zero-order valence-electron chi connectivity index (χ0n) is 17.9. The van der Waals surface area contributed by atoms with Crippen molar-refractivity contribution in [2.75, 3.05) is 10.2 Å². The Hall–Kier alpha value is -3.37. The predicted molar refractivity (Wildman–Crippen MR) is 126 cm³/mol. The van der Waals surface area contributed by atoms with E-state index in [0.717, 1.165) is 27.8 Å². The van der Waals surface area contributed by atoms with E-state index in [-0.39, 0.29) is 17.5 Å². The van der Waals surface area contributed by atoms with Gasteiger partial charge in [0.2, 0.25) is 0 Å². The van der Waals surface area contributed by atoms with Crippen LogP contribution in [0.2, 0.25) is 5.02 Å². The molecular weight excluding hydrogens is 408 g/mol. The zero-order valence-corrected chi connectivity index (χ0v) is 18.7. The van der Waals surface area contributed by atoms with Crippen molar-refractivity contribution in [2.45, 2.75) is 27.7 Å². The highest BCUT2D eigenvalue weighted by Gasteiger charge is 2.40. The van der Waals surface area contributed by atoms with E-state index in [1.54, 1.807) is 18.2 Å². The lowest BCUT2D eigenvalue weighted by Crippen LogP contribution is -2.32. The number of aryl methyl sites for hydroxylation is 3. The molecule has 5 heteroatoms. The molecule has 0 saturated carbocycles. The van der Waals surface area contributed by atoms with Crippen molar-refractivity contribution >= 4 is 40.4 Å². The van der Waals surface area contributed by atoms with E-state index in [4.69, 9.17) is 11.6 Å². The summed E-state index contributed by atoms with van der Waals surface area (Å²) in [5.41, 5.74) is 6.48. The summed E-state index contributed by atoms with van der Waals surface area (Å²) < 4.78 is 0. The van der Waals surface area contributed by atoms with Crippen molar-refractivity contribution in [1.29, 1.82) is 0 Å². The number of nitrogens with one attached hydrogen (secondary N) is 1. The Balaban J connectivity index is 1.88. The zero-order chi connectivity index (χ0) is 22.3. The average Bonchev–Trinajstić information content (AvgIpc) is 2.96. The van der Waals surface area contributed by atoms with Gasteiger partial charge in [-0.25, -0.2) is 4.90 Å². The Morgan fingerprint density at radius 1 is 0.806 bits per heavy atom. The Kier molecular flexibility index (Phi) is 5.42. The highest BCUT2D eigenvalue weighted by Crippen LogP contribution is 2.36. The van der Waals surface area contributed by atoms with Crippen molar-refractivity contribution < 1.29 is 9.59 Å². The first kappa shape index (κ1) is 20.9. The fourth-order valence-corrected chi connectivity index (χ4v) is 3.97. The summed E-state index contributed by atoms with van der Waals surface area (Å²) in [6.07, 6.45) is 0. The van der Waals surface area contributed by atoms with E-state index in [9.17, 15) is 9.59 Å². The summed E-state index contributed by atoms with van der Waals surface area (Å²) in [5.74, 6) is -0.730. The highest BCUT2D eigenvalue weighted by atomic mass is 35.5. The van der Waals surface area contributed by atoms with Gasteiger partial charge in [-0.15, -0.1) is 0 Å². The van der Waals surface area contributed by atoms with Crippen molar-refractivity contribution in [1.82, 2.24) is 0 Å². The number of hydrogen-bond donors (Lipinski definition) is 1. The van der Waals surface area contributed by atoms with Gasteiger partial charge in [0.25, 0.3) is 11.8 Å². The molecular formula is C26H23ClN2O2. The molecule has 0 atom stereocenters. The fraction of sp³-hybridized carbons (Fsp3) is 0.154. The van der Waals surface area contributed by atoms with Crippen LogP contribution in [0, 0.1) is 27.7 Å². The number of benzene rings is 3. The van der Waals surface area contributed by atoms with Gasteiger partial charge in [0.1, 0.15) is 5.70 Å². The van der Waals surface area contributed by atoms with E-state index in [1.165, 1.54) is 4.90 Å². The quantitative estimate of drug-likeness (QED) is 0.518. The topological polar surface area (TPSA) is 49.4 Å². The van der Waals surface area contributed by atoms with E-state index in [1.807, 2.05) is 70.2 Å². The van der Waals surface area contributed by atoms with Crippen LogP contribution in [-0.2, 0) is 9.59 Å². The third kappa shape index (κ3) is 3.75. The number of amides is 2. The second kappa shape index (κ2) is 8.05. The number of anilines is 2. The molecule has 4 rings (SSSR count). The molecule has 0 aliphatic carbocycles. The molecule has 0 fully saturated rings. The third-order valence-electron chi connectivity index (χ3n) is 5.55. The predicted octanol–water partition coefficient (Wildman–Crippen LogP) is 5.97. The first-order valence-corrected chi connectivity index (χ1v) is 10.4. The lowest BCUT2D eigenvalue weighted by Gasteiger charge is -2.16. The molecule has 0 unspecified atom stereocenters. The standard InChI is InChI=1S/C26H23ClN2O2/c1-15-8-11-19(12-9-15)29-25(30)23(20-13-10-16(2)14-17(20)3)24(26(29)31)28-22-7-5-6-21(27)18(22)4/h5-14,28H,1-4H3. The van der Waals surface area contributed by atoms with Crippen molar-refractivity contribution in [3.8, 4) is 0 Å². The minimum Gasteiger partial charge on any atom is -0.350 e. The third-order valence-corrected chi connectivity index (χ3v) is 5.96. The lowest BCUT2D eigenvalue weighted by molar-refractivity contribution is -0.120. The molecule has 1 heterocycles. The van der Waals surface area contributed by atoms with Crippen molar-refractivity contribution in [2.24, 2.45) is 0 Å². The van der Waals surface area contributed by atoms with Gasteiger partial charge in [-0.05, 0) is 68.7 Å². The van der Waals surface area contributed by atoms with Crippen LogP contribution in [0.15, 0.2) is 66.4 Å². The van der Waals surface area contributed by atoms with Gasteiger partial charge in [-0.3, -0.25) is 9.59 Å². The van der Waals surface area contributed by atoms with Gasteiger partial charge in [0, 0.05) is 10.7 Å². The molecule has 1 aliphatic heterocycles. The minimum atomic E-state index is -0.386. The summed E-state index contributed by atoms with van der Waals surface area (Å²) in [4.78, 5) is 28.3. The Labute approximate surface area is 187 Å². The molecule has 0 radical (unpaired) electrons. The molecule has 0 aromatic heterocycles. The summed E-state index contributed by atoms with van der Waals surface area (Å²) in [7, 11) is 0. The second-order valence-corrected chi connectivity index (χ2v) is 8.29. The maximum absolute atomic E-state index is 13.6. The number of rotatable bonds is 4. The second-order valence-electron chi connectivity index (χ2n) is 7.89. The largest absolute Gasteiger partial charge is 0.350 e. The van der Waals surface area contributed by atoms with E-state index < -0.39 is 0 Å². The molecule has 2 amide bonds. The summed E-state index contributed by atoms with van der Waals surface area (Å²) in [5, 5.41) is 3.80. The van der Waals surface area contributed by atoms with Crippen LogP contribution in [-0.4, -0.2) is 11.8 Å². The van der Waals surface area contributed by atoms with Gasteiger partial charge in [-0.2, -0.15) is 0 Å². The van der Waals surface area contributed by atoms with Gasteiger partial charge >= 0.3 is 0 Å². The van der Waals surface area contributed by atoms with Crippen LogP contribution in [0.1, 0.15) is 27.8 Å². The minimum absolute atomic E-state index is 0.253. The molecule has 31 heavy (non-hydrogen) atoms. The number of carbonyl (C=O) groups excluding carboxylic acids is 2. The van der Waals surface area contributed by atoms with Crippen LogP contribution in [0.4, 0.5) is 11.4 Å². The Bertz CT molecular complexity index is 1240. The number of imide groups is 1. The number of carbonyl (C=O) groups is 2. The molecule has 1 aliphatic rings. The Morgan fingerprint density at radius 2 is 1.48 bits per heavy atom. The smallest absolute Gasteiger partial charge is 0.282 e. The molecule has 0 saturated heterocycles. The van der Waals surface area contributed by atoms with Crippen molar-refractivity contribution in [3.05, 3.63) is 99.2 Å². The van der Waals surface area contributed by atoms with Crippen LogP contribution < -0.4 is 10.2 Å². The number of nitrogens with zero attached hydrogens (tertiary/aromatic N) is 1. The fourth-order valence-electron chi connectivity index (χ4n) is 3.80. The lowest BCUT2D eigenvalue weighted by atomic mass is 9.97.